The number of phenolic OH excluding ortho intramolecular Hbond substituents is 1. The second-order valence-corrected chi connectivity index (χ2v) is 11.2. The molecule has 0 aliphatic rings. The van der Waals surface area contributed by atoms with E-state index < -0.39 is 36.0 Å². The lowest BCUT2D eigenvalue weighted by atomic mass is 9.95. The molecule has 0 radical (unpaired) electrons. The molecule has 0 aliphatic heterocycles. The molecule has 12 heteroatoms. The second-order valence-electron chi connectivity index (χ2n) is 11.2. The van der Waals surface area contributed by atoms with Gasteiger partial charge >= 0.3 is 0 Å². The van der Waals surface area contributed by atoms with Crippen LogP contribution in [0.25, 0.3) is 0 Å². The summed E-state index contributed by atoms with van der Waals surface area (Å²) in [6.07, 6.45) is -1.01. The highest BCUT2D eigenvalue weighted by atomic mass is 16.5. The zero-order valence-corrected chi connectivity index (χ0v) is 27.2. The Labute approximate surface area is 270 Å². The molecular weight excluding hydrogens is 592 g/mol. The number of aromatic hydroxyl groups is 1. The van der Waals surface area contributed by atoms with E-state index in [1.54, 1.807) is 38.1 Å². The minimum atomic E-state index is -1.32. The number of amides is 2. The highest BCUT2D eigenvalue weighted by molar-refractivity contribution is 5.90. The number of nitrogens with two attached hydrogens (primary N) is 1. The van der Waals surface area contributed by atoms with Gasteiger partial charge in [-0.05, 0) is 47.7 Å². The number of methoxy groups -OCH3 is 4. The minimum absolute atomic E-state index is 0.0289. The minimum Gasteiger partial charge on any atom is -0.507 e. The lowest BCUT2D eigenvalue weighted by molar-refractivity contribution is -0.133. The van der Waals surface area contributed by atoms with Gasteiger partial charge in [0.15, 0.2) is 11.5 Å². The van der Waals surface area contributed by atoms with Crippen LogP contribution >= 0.6 is 0 Å². The van der Waals surface area contributed by atoms with Gasteiger partial charge in [0.2, 0.25) is 17.6 Å². The summed E-state index contributed by atoms with van der Waals surface area (Å²) in [6, 6.07) is 14.7. The van der Waals surface area contributed by atoms with Crippen molar-refractivity contribution in [1.29, 1.82) is 0 Å². The van der Waals surface area contributed by atoms with Crippen molar-refractivity contribution in [3.63, 3.8) is 0 Å². The molecule has 0 bridgehead atoms. The first-order chi connectivity index (χ1) is 22.0. The number of phenols is 1. The quantitative estimate of drug-likeness (QED) is 0.129. The van der Waals surface area contributed by atoms with Crippen molar-refractivity contribution in [2.24, 2.45) is 11.7 Å². The fraction of sp³-hybridized carbons (Fsp3) is 0.412. The SMILES string of the molecule is COc1ccc(CNC(=O)[C@@H](NC(=O)[C@H](NCc2cc(OC)c(OC)c(OC)c2)[C@H](O)[C@@H](N)Cc2ccccc2)C(C)C)c(O)c1. The van der Waals surface area contributed by atoms with E-state index in [4.69, 9.17) is 24.7 Å². The van der Waals surface area contributed by atoms with E-state index in [-0.39, 0.29) is 24.8 Å². The number of hydrogen-bond acceptors (Lipinski definition) is 10. The standard InChI is InChI=1S/C34H46N4O8/c1-20(2)29(33(41)37-19-23-12-13-24(43-3)17-26(23)39)38-34(42)30(31(40)25(35)14-21-10-8-7-9-11-21)36-18-22-15-27(44-4)32(46-6)28(16-22)45-5/h7-13,15-17,20,25,29-31,36,39-40H,14,18-19,35H2,1-6H3,(H,37,41)(H,38,42)/t25-,29-,30+,31+/m0/s1. The molecule has 0 heterocycles. The molecule has 12 nitrogen and oxygen atoms in total. The monoisotopic (exact) mass is 638 g/mol. The first kappa shape index (κ1) is 36.0. The van der Waals surface area contributed by atoms with Gasteiger partial charge in [-0.3, -0.25) is 14.9 Å². The van der Waals surface area contributed by atoms with E-state index in [9.17, 15) is 19.8 Å². The number of benzene rings is 3. The van der Waals surface area contributed by atoms with E-state index in [1.165, 1.54) is 34.5 Å². The Morgan fingerprint density at radius 2 is 1.46 bits per heavy atom. The van der Waals surface area contributed by atoms with Crippen LogP contribution in [-0.4, -0.2) is 74.7 Å². The van der Waals surface area contributed by atoms with Gasteiger partial charge in [0.1, 0.15) is 23.6 Å². The highest BCUT2D eigenvalue weighted by Gasteiger charge is 2.34. The van der Waals surface area contributed by atoms with Gasteiger partial charge in [0, 0.05) is 30.8 Å². The van der Waals surface area contributed by atoms with Crippen molar-refractivity contribution in [2.75, 3.05) is 28.4 Å². The molecule has 3 aromatic carbocycles. The average Bonchev–Trinajstić information content (AvgIpc) is 3.05. The summed E-state index contributed by atoms with van der Waals surface area (Å²) in [7, 11) is 6.00. The molecule has 3 aromatic rings. The summed E-state index contributed by atoms with van der Waals surface area (Å²) >= 11 is 0. The molecule has 4 atom stereocenters. The number of hydrogen-bond donors (Lipinski definition) is 6. The van der Waals surface area contributed by atoms with Crippen LogP contribution in [0.5, 0.6) is 28.7 Å². The normalized spacial score (nSPS) is 13.7. The molecule has 0 saturated heterocycles. The predicted molar refractivity (Wildman–Crippen MR) is 174 cm³/mol. The second kappa shape index (κ2) is 17.2. The van der Waals surface area contributed by atoms with Gasteiger partial charge in [-0.1, -0.05) is 44.2 Å². The molecule has 46 heavy (non-hydrogen) atoms. The zero-order chi connectivity index (χ0) is 33.8. The third kappa shape index (κ3) is 9.49. The van der Waals surface area contributed by atoms with E-state index in [0.717, 1.165) is 5.56 Å². The number of aliphatic hydroxyl groups excluding tert-OH is 1. The Morgan fingerprint density at radius 1 is 0.804 bits per heavy atom. The molecule has 0 spiro atoms. The Hall–Kier alpha value is -4.52. The largest absolute Gasteiger partial charge is 0.507 e. The van der Waals surface area contributed by atoms with E-state index >= 15 is 0 Å². The molecule has 0 aromatic heterocycles. The van der Waals surface area contributed by atoms with Gasteiger partial charge in [-0.2, -0.15) is 0 Å². The predicted octanol–water partition coefficient (Wildman–Crippen LogP) is 2.27. The molecular formula is C34H46N4O8. The molecule has 0 aliphatic carbocycles. The molecule has 3 rings (SSSR count). The molecule has 250 valence electrons. The summed E-state index contributed by atoms with van der Waals surface area (Å²) in [6.45, 7) is 3.75. The van der Waals surface area contributed by atoms with Crippen LogP contribution in [0.3, 0.4) is 0 Å². The van der Waals surface area contributed by atoms with Crippen LogP contribution in [0, 0.1) is 5.92 Å². The van der Waals surface area contributed by atoms with Crippen molar-refractivity contribution in [1.82, 2.24) is 16.0 Å². The first-order valence-corrected chi connectivity index (χ1v) is 15.0. The molecule has 0 fully saturated rings. The van der Waals surface area contributed by atoms with Crippen LogP contribution in [0.2, 0.25) is 0 Å². The van der Waals surface area contributed by atoms with Gasteiger partial charge in [-0.15, -0.1) is 0 Å². The third-order valence-corrected chi connectivity index (χ3v) is 7.62. The number of carbonyl (C=O) groups is 2. The lowest BCUT2D eigenvalue weighted by Crippen LogP contribution is -2.60. The number of nitrogens with one attached hydrogen (secondary N) is 3. The fourth-order valence-electron chi connectivity index (χ4n) is 4.98. The fourth-order valence-corrected chi connectivity index (χ4v) is 4.98. The summed E-state index contributed by atoms with van der Waals surface area (Å²) in [5, 5.41) is 30.4. The summed E-state index contributed by atoms with van der Waals surface area (Å²) < 4.78 is 21.4. The Kier molecular flexibility index (Phi) is 13.5. The maximum Gasteiger partial charge on any atom is 0.243 e. The van der Waals surface area contributed by atoms with Crippen molar-refractivity contribution in [3.8, 4) is 28.7 Å². The number of ether oxygens (including phenoxy) is 4. The maximum atomic E-state index is 13.8. The van der Waals surface area contributed by atoms with E-state index in [1.807, 2.05) is 30.3 Å². The Bertz CT molecular complexity index is 1410. The molecule has 7 N–H and O–H groups in total. The van der Waals surface area contributed by atoms with Crippen LogP contribution in [0.1, 0.15) is 30.5 Å². The zero-order valence-electron chi connectivity index (χ0n) is 27.2. The number of rotatable bonds is 17. The molecule has 0 saturated carbocycles. The lowest BCUT2D eigenvalue weighted by Gasteiger charge is -2.30. The van der Waals surface area contributed by atoms with Crippen molar-refractivity contribution in [3.05, 3.63) is 77.4 Å². The number of aliphatic hydroxyl groups is 1. The maximum absolute atomic E-state index is 13.8. The summed E-state index contributed by atoms with van der Waals surface area (Å²) in [5.74, 6) is 0.363. The average molecular weight is 639 g/mol. The smallest absolute Gasteiger partial charge is 0.243 e. The van der Waals surface area contributed by atoms with Gasteiger partial charge in [-0.25, -0.2) is 0 Å². The van der Waals surface area contributed by atoms with Gasteiger partial charge < -0.3 is 45.5 Å². The summed E-state index contributed by atoms with van der Waals surface area (Å²) in [5.41, 5.74) is 8.52. The van der Waals surface area contributed by atoms with Crippen molar-refractivity contribution >= 4 is 11.8 Å². The van der Waals surface area contributed by atoms with Crippen LogP contribution < -0.4 is 40.6 Å². The third-order valence-electron chi connectivity index (χ3n) is 7.62. The molecule has 2 amide bonds. The van der Waals surface area contributed by atoms with E-state index in [0.29, 0.717) is 40.5 Å². The van der Waals surface area contributed by atoms with E-state index in [2.05, 4.69) is 16.0 Å². The van der Waals surface area contributed by atoms with Crippen LogP contribution in [-0.2, 0) is 29.1 Å². The Morgan fingerprint density at radius 3 is 2.00 bits per heavy atom. The van der Waals surface area contributed by atoms with Gasteiger partial charge in [0.25, 0.3) is 0 Å². The summed E-state index contributed by atoms with van der Waals surface area (Å²) in [4.78, 5) is 27.1. The van der Waals surface area contributed by atoms with Crippen LogP contribution in [0.15, 0.2) is 60.7 Å². The van der Waals surface area contributed by atoms with Crippen LogP contribution in [0.4, 0.5) is 0 Å². The van der Waals surface area contributed by atoms with Crippen molar-refractivity contribution in [2.45, 2.75) is 57.6 Å². The molecule has 0 unspecified atom stereocenters. The first-order valence-electron chi connectivity index (χ1n) is 15.0. The van der Waals surface area contributed by atoms with Gasteiger partial charge in [0.05, 0.1) is 34.5 Å². The topological polar surface area (TPSA) is 174 Å². The van der Waals surface area contributed by atoms with Crippen molar-refractivity contribution < 1.29 is 38.7 Å². The Balaban J connectivity index is 1.82. The highest BCUT2D eigenvalue weighted by Crippen LogP contribution is 2.38. The number of carbonyl (C=O) groups excluding carboxylic acids is 2.